The summed E-state index contributed by atoms with van der Waals surface area (Å²) in [5.74, 6) is 1.57. The molecule has 0 bridgehead atoms. The van der Waals surface area contributed by atoms with Crippen LogP contribution in [0.3, 0.4) is 0 Å². The molecule has 2 heterocycles. The van der Waals surface area contributed by atoms with Crippen molar-refractivity contribution in [3.63, 3.8) is 0 Å². The summed E-state index contributed by atoms with van der Waals surface area (Å²) >= 11 is 0. The van der Waals surface area contributed by atoms with Crippen LogP contribution in [0.5, 0.6) is 0 Å². The molecule has 0 aromatic carbocycles. The molecule has 0 aliphatic rings. The van der Waals surface area contributed by atoms with Crippen molar-refractivity contribution >= 4 is 5.82 Å². The summed E-state index contributed by atoms with van der Waals surface area (Å²) in [7, 11) is 0. The Labute approximate surface area is 114 Å². The second-order valence-electron chi connectivity index (χ2n) is 5.33. The second-order valence-corrected chi connectivity index (χ2v) is 5.33. The Balaban J connectivity index is 1.94. The maximum Gasteiger partial charge on any atom is 0.151 e. The molecule has 5 nitrogen and oxygen atoms in total. The van der Waals surface area contributed by atoms with Gasteiger partial charge in [0.2, 0.25) is 0 Å². The number of rotatable bonds is 6. The van der Waals surface area contributed by atoms with Crippen LogP contribution in [0.4, 0.5) is 5.82 Å². The molecule has 2 aromatic rings. The SMILES string of the molecule is CCn1cc(C)c(NCc2cnn(CC(C)C)c2)n1. The van der Waals surface area contributed by atoms with Crippen molar-refractivity contribution in [3.05, 3.63) is 29.7 Å². The predicted octanol–water partition coefficient (Wildman–Crippen LogP) is 2.68. The van der Waals surface area contributed by atoms with Crippen LogP contribution in [0, 0.1) is 12.8 Å². The van der Waals surface area contributed by atoms with Gasteiger partial charge >= 0.3 is 0 Å². The third-order valence-corrected chi connectivity index (χ3v) is 2.97. The summed E-state index contributed by atoms with van der Waals surface area (Å²) in [6, 6.07) is 0. The van der Waals surface area contributed by atoms with E-state index >= 15 is 0 Å². The van der Waals surface area contributed by atoms with Gasteiger partial charge in [0, 0.05) is 43.2 Å². The van der Waals surface area contributed by atoms with E-state index in [0.717, 1.165) is 25.5 Å². The third kappa shape index (κ3) is 3.59. The summed E-state index contributed by atoms with van der Waals surface area (Å²) in [5, 5.41) is 12.2. The zero-order valence-electron chi connectivity index (χ0n) is 12.2. The molecule has 0 fully saturated rings. The highest BCUT2D eigenvalue weighted by Crippen LogP contribution is 2.13. The maximum absolute atomic E-state index is 4.48. The van der Waals surface area contributed by atoms with Gasteiger partial charge in [-0.25, -0.2) is 0 Å². The molecule has 0 unspecified atom stereocenters. The van der Waals surface area contributed by atoms with Crippen LogP contribution in [0.2, 0.25) is 0 Å². The highest BCUT2D eigenvalue weighted by atomic mass is 15.3. The lowest BCUT2D eigenvalue weighted by Crippen LogP contribution is -2.05. The van der Waals surface area contributed by atoms with Crippen molar-refractivity contribution in [3.8, 4) is 0 Å². The number of anilines is 1. The monoisotopic (exact) mass is 261 g/mol. The molecular weight excluding hydrogens is 238 g/mol. The van der Waals surface area contributed by atoms with Gasteiger partial charge in [0.1, 0.15) is 0 Å². The summed E-state index contributed by atoms with van der Waals surface area (Å²) < 4.78 is 3.94. The van der Waals surface area contributed by atoms with Crippen LogP contribution in [0.25, 0.3) is 0 Å². The number of hydrogen-bond acceptors (Lipinski definition) is 3. The molecule has 0 amide bonds. The Morgan fingerprint density at radius 1 is 1.26 bits per heavy atom. The second kappa shape index (κ2) is 5.91. The smallest absolute Gasteiger partial charge is 0.151 e. The zero-order chi connectivity index (χ0) is 13.8. The number of nitrogens with one attached hydrogen (secondary N) is 1. The molecule has 2 aromatic heterocycles. The predicted molar refractivity (Wildman–Crippen MR) is 77.0 cm³/mol. The number of aromatic nitrogens is 4. The van der Waals surface area contributed by atoms with Gasteiger partial charge in [0.15, 0.2) is 5.82 Å². The fourth-order valence-corrected chi connectivity index (χ4v) is 2.02. The lowest BCUT2D eigenvalue weighted by atomic mass is 10.2. The van der Waals surface area contributed by atoms with Crippen LogP contribution >= 0.6 is 0 Å². The van der Waals surface area contributed by atoms with Gasteiger partial charge in [-0.05, 0) is 19.8 Å². The summed E-state index contributed by atoms with van der Waals surface area (Å²) in [4.78, 5) is 0. The third-order valence-electron chi connectivity index (χ3n) is 2.97. The molecule has 19 heavy (non-hydrogen) atoms. The molecule has 0 aliphatic heterocycles. The average Bonchev–Trinajstić information content (AvgIpc) is 2.93. The fourth-order valence-electron chi connectivity index (χ4n) is 2.02. The molecular formula is C14H23N5. The van der Waals surface area contributed by atoms with Gasteiger partial charge < -0.3 is 5.32 Å². The lowest BCUT2D eigenvalue weighted by Gasteiger charge is -2.04. The van der Waals surface area contributed by atoms with Crippen molar-refractivity contribution < 1.29 is 0 Å². The quantitative estimate of drug-likeness (QED) is 0.869. The van der Waals surface area contributed by atoms with E-state index in [9.17, 15) is 0 Å². The first-order chi connectivity index (χ1) is 9.08. The van der Waals surface area contributed by atoms with Gasteiger partial charge in [0.25, 0.3) is 0 Å². The zero-order valence-corrected chi connectivity index (χ0v) is 12.2. The number of aryl methyl sites for hydroxylation is 2. The van der Waals surface area contributed by atoms with E-state index < -0.39 is 0 Å². The summed E-state index contributed by atoms with van der Waals surface area (Å²) in [6.07, 6.45) is 6.07. The van der Waals surface area contributed by atoms with Crippen LogP contribution in [0.15, 0.2) is 18.6 Å². The molecule has 0 saturated carbocycles. The van der Waals surface area contributed by atoms with E-state index in [4.69, 9.17) is 0 Å². The van der Waals surface area contributed by atoms with E-state index in [1.807, 2.05) is 15.6 Å². The maximum atomic E-state index is 4.48. The Morgan fingerprint density at radius 3 is 2.68 bits per heavy atom. The first-order valence-electron chi connectivity index (χ1n) is 6.87. The van der Waals surface area contributed by atoms with Crippen molar-refractivity contribution in [1.82, 2.24) is 19.6 Å². The van der Waals surface area contributed by atoms with E-state index in [1.54, 1.807) is 0 Å². The molecule has 0 aliphatic carbocycles. The molecule has 2 rings (SSSR count). The van der Waals surface area contributed by atoms with Crippen LogP contribution < -0.4 is 5.32 Å². The molecule has 0 spiro atoms. The summed E-state index contributed by atoms with van der Waals surface area (Å²) in [6.45, 7) is 11.2. The Morgan fingerprint density at radius 2 is 2.05 bits per heavy atom. The van der Waals surface area contributed by atoms with Crippen molar-refractivity contribution in [2.24, 2.45) is 5.92 Å². The van der Waals surface area contributed by atoms with Crippen LogP contribution in [0.1, 0.15) is 31.9 Å². The van der Waals surface area contributed by atoms with E-state index in [2.05, 4.69) is 55.6 Å². The van der Waals surface area contributed by atoms with E-state index in [-0.39, 0.29) is 0 Å². The fraction of sp³-hybridized carbons (Fsp3) is 0.571. The van der Waals surface area contributed by atoms with Gasteiger partial charge in [-0.2, -0.15) is 10.2 Å². The van der Waals surface area contributed by atoms with Crippen LogP contribution in [-0.2, 0) is 19.6 Å². The summed E-state index contributed by atoms with van der Waals surface area (Å²) in [5.41, 5.74) is 2.36. The van der Waals surface area contributed by atoms with Crippen molar-refractivity contribution in [2.45, 2.75) is 47.3 Å². The molecule has 104 valence electrons. The highest BCUT2D eigenvalue weighted by Gasteiger charge is 2.05. The van der Waals surface area contributed by atoms with Gasteiger partial charge in [-0.3, -0.25) is 9.36 Å². The Bertz CT molecular complexity index is 524. The van der Waals surface area contributed by atoms with Gasteiger partial charge in [-0.15, -0.1) is 0 Å². The van der Waals surface area contributed by atoms with Gasteiger partial charge in [-0.1, -0.05) is 13.8 Å². The lowest BCUT2D eigenvalue weighted by molar-refractivity contribution is 0.483. The first-order valence-corrected chi connectivity index (χ1v) is 6.87. The molecule has 5 heteroatoms. The normalized spacial score (nSPS) is 11.2. The van der Waals surface area contributed by atoms with Crippen molar-refractivity contribution in [1.29, 1.82) is 0 Å². The minimum Gasteiger partial charge on any atom is -0.364 e. The molecule has 1 N–H and O–H groups in total. The highest BCUT2D eigenvalue weighted by molar-refractivity contribution is 5.42. The first kappa shape index (κ1) is 13.6. The van der Waals surface area contributed by atoms with Crippen LogP contribution in [-0.4, -0.2) is 19.6 Å². The molecule has 0 radical (unpaired) electrons. The van der Waals surface area contributed by atoms with E-state index in [0.29, 0.717) is 5.92 Å². The largest absolute Gasteiger partial charge is 0.364 e. The molecule has 0 saturated heterocycles. The minimum atomic E-state index is 0.614. The van der Waals surface area contributed by atoms with E-state index in [1.165, 1.54) is 11.1 Å². The number of nitrogens with zero attached hydrogens (tertiary/aromatic N) is 4. The number of hydrogen-bond donors (Lipinski definition) is 1. The molecule has 0 atom stereocenters. The minimum absolute atomic E-state index is 0.614. The Hall–Kier alpha value is -1.78. The Kier molecular flexibility index (Phi) is 4.24. The standard InChI is InChI=1S/C14H23N5/c1-5-18-9-12(4)14(17-18)15-6-13-7-16-19(10-13)8-11(2)3/h7,9-11H,5-6,8H2,1-4H3,(H,15,17). The van der Waals surface area contributed by atoms with Crippen molar-refractivity contribution in [2.75, 3.05) is 5.32 Å². The van der Waals surface area contributed by atoms with Gasteiger partial charge in [0.05, 0.1) is 6.20 Å². The average molecular weight is 261 g/mol. The topological polar surface area (TPSA) is 47.7 Å².